The van der Waals surface area contributed by atoms with Gasteiger partial charge in [0, 0.05) is 29.9 Å². The molecule has 0 aliphatic heterocycles. The minimum atomic E-state index is -0.638. The number of aromatic nitrogens is 4. The fraction of sp³-hybridized carbons (Fsp3) is 0.333. The number of aryl methyl sites for hydroxylation is 1. The van der Waals surface area contributed by atoms with E-state index in [1.165, 1.54) is 6.33 Å². The first-order chi connectivity index (χ1) is 14.6. The van der Waals surface area contributed by atoms with Crippen molar-refractivity contribution in [1.82, 2.24) is 19.9 Å². The SMILES string of the molecule is C[C@@H]1C(=O)C(C#N)C[C@]2(c3ccccc3)c3nc(-c4cncnc4)ncc3CC[C@@H]12. The summed E-state index contributed by atoms with van der Waals surface area (Å²) in [7, 11) is 0. The molecule has 30 heavy (non-hydrogen) atoms. The predicted octanol–water partition coefficient (Wildman–Crippen LogP) is 3.53. The third-order valence-electron chi connectivity index (χ3n) is 6.83. The molecule has 1 fully saturated rings. The fourth-order valence-corrected chi connectivity index (χ4v) is 5.44. The number of hydrogen-bond acceptors (Lipinski definition) is 6. The molecule has 0 N–H and O–H groups in total. The van der Waals surface area contributed by atoms with Crippen molar-refractivity contribution in [2.24, 2.45) is 17.8 Å². The van der Waals surface area contributed by atoms with E-state index in [-0.39, 0.29) is 17.6 Å². The Kier molecular flexibility index (Phi) is 4.39. The first-order valence-corrected chi connectivity index (χ1v) is 10.3. The lowest BCUT2D eigenvalue weighted by Gasteiger charge is -2.51. The zero-order valence-electron chi connectivity index (χ0n) is 16.7. The van der Waals surface area contributed by atoms with Crippen LogP contribution in [0.15, 0.2) is 55.2 Å². The lowest BCUT2D eigenvalue weighted by molar-refractivity contribution is -0.131. The largest absolute Gasteiger partial charge is 0.298 e. The molecule has 3 aromatic rings. The second-order valence-corrected chi connectivity index (χ2v) is 8.25. The number of Topliss-reactive ketones (excluding diaryl/α,β-unsaturated/α-hetero) is 1. The van der Waals surface area contributed by atoms with Gasteiger partial charge in [-0.05, 0) is 36.3 Å². The quantitative estimate of drug-likeness (QED) is 0.659. The van der Waals surface area contributed by atoms with Crippen LogP contribution in [0.25, 0.3) is 11.4 Å². The minimum Gasteiger partial charge on any atom is -0.298 e. The average Bonchev–Trinajstić information content (AvgIpc) is 2.82. The molecule has 2 aliphatic rings. The Bertz CT molecular complexity index is 1140. The predicted molar refractivity (Wildman–Crippen MR) is 110 cm³/mol. The van der Waals surface area contributed by atoms with Crippen LogP contribution in [0.1, 0.15) is 36.6 Å². The van der Waals surface area contributed by atoms with E-state index in [1.807, 2.05) is 31.3 Å². The zero-order chi connectivity index (χ0) is 20.7. The van der Waals surface area contributed by atoms with Crippen LogP contribution in [0.5, 0.6) is 0 Å². The van der Waals surface area contributed by atoms with Crippen LogP contribution in [0, 0.1) is 29.1 Å². The topological polar surface area (TPSA) is 92.4 Å². The Hall–Kier alpha value is -3.46. The third kappa shape index (κ3) is 2.66. The lowest BCUT2D eigenvalue weighted by Crippen LogP contribution is -2.53. The lowest BCUT2D eigenvalue weighted by atomic mass is 9.51. The van der Waals surface area contributed by atoms with Gasteiger partial charge in [-0.15, -0.1) is 0 Å². The molecule has 0 saturated heterocycles. The van der Waals surface area contributed by atoms with Crippen LogP contribution in [-0.2, 0) is 16.6 Å². The molecule has 0 bridgehead atoms. The van der Waals surface area contributed by atoms with Gasteiger partial charge in [0.2, 0.25) is 0 Å². The smallest absolute Gasteiger partial charge is 0.162 e. The average molecular weight is 395 g/mol. The molecule has 0 amide bonds. The van der Waals surface area contributed by atoms with Gasteiger partial charge in [0.25, 0.3) is 0 Å². The maximum atomic E-state index is 12.9. The molecule has 2 heterocycles. The Labute approximate surface area is 175 Å². The summed E-state index contributed by atoms with van der Waals surface area (Å²) < 4.78 is 0. The maximum Gasteiger partial charge on any atom is 0.162 e. The van der Waals surface area contributed by atoms with Gasteiger partial charge in [0.15, 0.2) is 11.6 Å². The molecule has 1 unspecified atom stereocenters. The molecule has 1 saturated carbocycles. The molecular formula is C24H21N5O. The molecule has 0 radical (unpaired) electrons. The van der Waals surface area contributed by atoms with Gasteiger partial charge in [0.1, 0.15) is 12.2 Å². The molecule has 2 aliphatic carbocycles. The number of nitrogens with zero attached hydrogens (tertiary/aromatic N) is 5. The summed E-state index contributed by atoms with van der Waals surface area (Å²) in [6, 6.07) is 12.5. The zero-order valence-corrected chi connectivity index (χ0v) is 16.7. The second-order valence-electron chi connectivity index (χ2n) is 8.25. The van der Waals surface area contributed by atoms with E-state index in [4.69, 9.17) is 4.98 Å². The van der Waals surface area contributed by atoms with Crippen molar-refractivity contribution in [3.63, 3.8) is 0 Å². The standard InChI is InChI=1S/C24H21N5O/c1-15-20-8-7-16-13-28-23(18-11-26-14-27-12-18)29-22(16)24(20,9-17(10-25)21(15)30)19-5-3-2-4-6-19/h2-6,11-15,17,20H,7-9H2,1H3/t15-,17?,20-,24+/m0/s1. The summed E-state index contributed by atoms with van der Waals surface area (Å²) in [4.78, 5) is 30.7. The first kappa shape index (κ1) is 18.6. The first-order valence-electron chi connectivity index (χ1n) is 10.3. The van der Waals surface area contributed by atoms with Crippen molar-refractivity contribution in [3.05, 3.63) is 72.1 Å². The molecule has 0 spiro atoms. The van der Waals surface area contributed by atoms with E-state index >= 15 is 0 Å². The van der Waals surface area contributed by atoms with Crippen molar-refractivity contribution in [1.29, 1.82) is 5.26 Å². The van der Waals surface area contributed by atoms with E-state index in [9.17, 15) is 10.1 Å². The van der Waals surface area contributed by atoms with E-state index in [1.54, 1.807) is 12.4 Å². The van der Waals surface area contributed by atoms with Crippen LogP contribution >= 0.6 is 0 Å². The minimum absolute atomic E-state index is 0.0586. The normalized spacial score (nSPS) is 27.6. The molecule has 6 nitrogen and oxygen atoms in total. The number of hydrogen-bond donors (Lipinski definition) is 0. The Morgan fingerprint density at radius 2 is 1.90 bits per heavy atom. The van der Waals surface area contributed by atoms with Gasteiger partial charge in [-0.1, -0.05) is 37.3 Å². The van der Waals surface area contributed by atoms with Gasteiger partial charge in [-0.2, -0.15) is 5.26 Å². The van der Waals surface area contributed by atoms with Crippen LogP contribution < -0.4 is 0 Å². The molecule has 148 valence electrons. The third-order valence-corrected chi connectivity index (χ3v) is 6.83. The Morgan fingerprint density at radius 3 is 2.63 bits per heavy atom. The van der Waals surface area contributed by atoms with E-state index in [0.29, 0.717) is 12.2 Å². The molecule has 4 atom stereocenters. The number of nitriles is 1. The summed E-state index contributed by atoms with van der Waals surface area (Å²) >= 11 is 0. The highest BCUT2D eigenvalue weighted by molar-refractivity contribution is 5.87. The summed E-state index contributed by atoms with van der Waals surface area (Å²) in [6.07, 6.45) is 8.95. The van der Waals surface area contributed by atoms with Crippen molar-refractivity contribution < 1.29 is 4.79 Å². The van der Waals surface area contributed by atoms with Gasteiger partial charge in [-0.3, -0.25) is 4.79 Å². The number of ketones is 1. The Balaban J connectivity index is 1.77. The van der Waals surface area contributed by atoms with Gasteiger partial charge < -0.3 is 0 Å². The number of carbonyl (C=O) groups excluding carboxylic acids is 1. The van der Waals surface area contributed by atoms with E-state index in [0.717, 1.165) is 35.2 Å². The second kappa shape index (κ2) is 7.10. The monoisotopic (exact) mass is 395 g/mol. The van der Waals surface area contributed by atoms with Gasteiger partial charge in [0.05, 0.1) is 17.3 Å². The van der Waals surface area contributed by atoms with Crippen molar-refractivity contribution >= 4 is 5.78 Å². The van der Waals surface area contributed by atoms with Gasteiger partial charge >= 0.3 is 0 Å². The number of carbonyl (C=O) groups is 1. The summed E-state index contributed by atoms with van der Waals surface area (Å²) in [5, 5.41) is 9.79. The number of benzene rings is 1. The molecular weight excluding hydrogens is 374 g/mol. The Morgan fingerprint density at radius 1 is 1.13 bits per heavy atom. The maximum absolute atomic E-state index is 12.9. The molecule has 2 aromatic heterocycles. The van der Waals surface area contributed by atoms with Crippen LogP contribution in [-0.4, -0.2) is 25.7 Å². The number of fused-ring (bicyclic) bond motifs is 3. The molecule has 6 heteroatoms. The van der Waals surface area contributed by atoms with E-state index in [2.05, 4.69) is 33.2 Å². The van der Waals surface area contributed by atoms with Crippen molar-refractivity contribution in [2.45, 2.75) is 31.6 Å². The van der Waals surface area contributed by atoms with Crippen LogP contribution in [0.2, 0.25) is 0 Å². The fourth-order valence-electron chi connectivity index (χ4n) is 5.44. The van der Waals surface area contributed by atoms with Crippen LogP contribution in [0.4, 0.5) is 0 Å². The summed E-state index contributed by atoms with van der Waals surface area (Å²) in [6.45, 7) is 1.98. The highest BCUT2D eigenvalue weighted by Crippen LogP contribution is 2.55. The number of rotatable bonds is 2. The summed E-state index contributed by atoms with van der Waals surface area (Å²) in [5.74, 6) is -0.109. The van der Waals surface area contributed by atoms with Crippen LogP contribution in [0.3, 0.4) is 0 Å². The highest BCUT2D eigenvalue weighted by Gasteiger charge is 2.56. The van der Waals surface area contributed by atoms with Crippen molar-refractivity contribution in [3.8, 4) is 17.5 Å². The van der Waals surface area contributed by atoms with Crippen molar-refractivity contribution in [2.75, 3.05) is 0 Å². The highest BCUT2D eigenvalue weighted by atomic mass is 16.1. The molecule has 5 rings (SSSR count). The van der Waals surface area contributed by atoms with E-state index < -0.39 is 11.3 Å². The molecule has 1 aromatic carbocycles. The van der Waals surface area contributed by atoms with Gasteiger partial charge in [-0.25, -0.2) is 19.9 Å². The summed E-state index contributed by atoms with van der Waals surface area (Å²) in [5.41, 5.74) is 3.41.